The number of nitrogens with zero attached hydrogens (tertiary/aromatic N) is 1. The van der Waals surface area contributed by atoms with Gasteiger partial charge < -0.3 is 10.4 Å². The molecule has 2 aromatic carbocycles. The van der Waals surface area contributed by atoms with Gasteiger partial charge in [-0.2, -0.15) is 0 Å². The quantitative estimate of drug-likeness (QED) is 0.777. The molecule has 0 radical (unpaired) electrons. The minimum atomic E-state index is -0.575. The van der Waals surface area contributed by atoms with Crippen LogP contribution in [-0.4, -0.2) is 22.6 Å². The van der Waals surface area contributed by atoms with Crippen LogP contribution in [0.2, 0.25) is 0 Å². The van der Waals surface area contributed by atoms with Crippen molar-refractivity contribution < 1.29 is 9.90 Å². The first-order valence-corrected chi connectivity index (χ1v) is 7.08. The highest BCUT2D eigenvalue weighted by Gasteiger charge is 2.19. The summed E-state index contributed by atoms with van der Waals surface area (Å²) in [5.74, 6) is -0.795. The first kappa shape index (κ1) is 14.2. The van der Waals surface area contributed by atoms with E-state index in [0.717, 1.165) is 16.3 Å². The molecule has 0 aliphatic rings. The van der Waals surface area contributed by atoms with Gasteiger partial charge in [-0.1, -0.05) is 36.4 Å². The molecule has 0 spiro atoms. The van der Waals surface area contributed by atoms with E-state index in [9.17, 15) is 9.90 Å². The fourth-order valence-corrected chi connectivity index (χ4v) is 2.42. The van der Waals surface area contributed by atoms with Crippen molar-refractivity contribution in [1.82, 2.24) is 4.98 Å². The number of hydrogen-bond donors (Lipinski definition) is 2. The van der Waals surface area contributed by atoms with Gasteiger partial charge in [0.15, 0.2) is 0 Å². The second-order valence-corrected chi connectivity index (χ2v) is 5.07. The number of aliphatic hydroxyl groups is 1. The number of benzene rings is 2. The average molecular weight is 292 g/mol. The number of anilines is 1. The molecule has 3 rings (SSSR count). The molecule has 4 nitrogen and oxygen atoms in total. The van der Waals surface area contributed by atoms with Gasteiger partial charge in [-0.15, -0.1) is 0 Å². The molecule has 0 fully saturated rings. The summed E-state index contributed by atoms with van der Waals surface area (Å²) in [6, 6.07) is 16.8. The summed E-state index contributed by atoms with van der Waals surface area (Å²) < 4.78 is 0. The third-order valence-corrected chi connectivity index (χ3v) is 3.61. The zero-order valence-electron chi connectivity index (χ0n) is 11.9. The molecule has 1 heterocycles. The van der Waals surface area contributed by atoms with Crippen LogP contribution in [0, 0.1) is 0 Å². The minimum Gasteiger partial charge on any atom is -0.395 e. The van der Waals surface area contributed by atoms with Crippen molar-refractivity contribution in [2.75, 3.05) is 11.9 Å². The van der Waals surface area contributed by atoms with Crippen molar-refractivity contribution in [2.45, 2.75) is 5.92 Å². The van der Waals surface area contributed by atoms with E-state index in [4.69, 9.17) is 0 Å². The molecule has 1 atom stereocenters. The third kappa shape index (κ3) is 2.97. The average Bonchev–Trinajstić information content (AvgIpc) is 2.56. The van der Waals surface area contributed by atoms with Crippen LogP contribution >= 0.6 is 0 Å². The topological polar surface area (TPSA) is 62.2 Å². The van der Waals surface area contributed by atoms with Crippen LogP contribution in [0.1, 0.15) is 11.5 Å². The van der Waals surface area contributed by atoms with Crippen LogP contribution in [-0.2, 0) is 4.79 Å². The number of carbonyl (C=O) groups excluding carboxylic acids is 1. The standard InChI is InChI=1S/C18H16N2O2/c21-12-17(13-4-2-1-3-5-13)18(22)20-16-7-6-15-11-19-9-8-14(15)10-16/h1-11,17,21H,12H2,(H,20,22)/t17-/m0/s1. The zero-order valence-corrected chi connectivity index (χ0v) is 11.9. The fourth-order valence-electron chi connectivity index (χ4n) is 2.42. The van der Waals surface area contributed by atoms with E-state index in [0.29, 0.717) is 5.69 Å². The third-order valence-electron chi connectivity index (χ3n) is 3.61. The van der Waals surface area contributed by atoms with Crippen molar-refractivity contribution in [3.05, 3.63) is 72.6 Å². The summed E-state index contributed by atoms with van der Waals surface area (Å²) >= 11 is 0. The molecule has 0 unspecified atom stereocenters. The Morgan fingerprint density at radius 3 is 2.68 bits per heavy atom. The number of rotatable bonds is 4. The van der Waals surface area contributed by atoms with Gasteiger partial charge in [0, 0.05) is 23.5 Å². The molecule has 0 aliphatic carbocycles. The van der Waals surface area contributed by atoms with Crippen molar-refractivity contribution in [3.8, 4) is 0 Å². The Labute approximate surface area is 128 Å². The maximum absolute atomic E-state index is 12.4. The predicted molar refractivity (Wildman–Crippen MR) is 86.6 cm³/mol. The number of hydrogen-bond acceptors (Lipinski definition) is 3. The molecular formula is C18H16N2O2. The van der Waals surface area contributed by atoms with Gasteiger partial charge >= 0.3 is 0 Å². The van der Waals surface area contributed by atoms with Gasteiger partial charge in [-0.05, 0) is 29.1 Å². The molecular weight excluding hydrogens is 276 g/mol. The maximum Gasteiger partial charge on any atom is 0.234 e. The van der Waals surface area contributed by atoms with Gasteiger partial charge in [0.2, 0.25) is 5.91 Å². The lowest BCUT2D eigenvalue weighted by atomic mass is 9.99. The summed E-state index contributed by atoms with van der Waals surface area (Å²) in [6.07, 6.45) is 3.50. The molecule has 0 saturated carbocycles. The minimum absolute atomic E-state index is 0.220. The van der Waals surface area contributed by atoms with E-state index in [-0.39, 0.29) is 12.5 Å². The molecule has 4 heteroatoms. The number of aliphatic hydroxyl groups excluding tert-OH is 1. The van der Waals surface area contributed by atoms with Crippen LogP contribution in [0.25, 0.3) is 10.8 Å². The van der Waals surface area contributed by atoms with E-state index in [1.54, 1.807) is 12.4 Å². The summed E-state index contributed by atoms with van der Waals surface area (Å²) in [4.78, 5) is 16.5. The summed E-state index contributed by atoms with van der Waals surface area (Å²) in [5.41, 5.74) is 1.51. The summed E-state index contributed by atoms with van der Waals surface area (Å²) in [7, 11) is 0. The zero-order chi connectivity index (χ0) is 15.4. The lowest BCUT2D eigenvalue weighted by Gasteiger charge is -2.15. The first-order valence-electron chi connectivity index (χ1n) is 7.08. The molecule has 110 valence electrons. The van der Waals surface area contributed by atoms with Crippen molar-refractivity contribution in [3.63, 3.8) is 0 Å². The maximum atomic E-state index is 12.4. The van der Waals surface area contributed by atoms with E-state index < -0.39 is 5.92 Å². The van der Waals surface area contributed by atoms with Gasteiger partial charge in [0.1, 0.15) is 0 Å². The normalized spacial score (nSPS) is 12.0. The van der Waals surface area contributed by atoms with Gasteiger partial charge in [-0.25, -0.2) is 0 Å². The number of pyridine rings is 1. The molecule has 0 saturated heterocycles. The highest BCUT2D eigenvalue weighted by atomic mass is 16.3. The summed E-state index contributed by atoms with van der Waals surface area (Å²) in [5, 5.41) is 14.4. The van der Waals surface area contributed by atoms with Crippen LogP contribution in [0.4, 0.5) is 5.69 Å². The predicted octanol–water partition coefficient (Wildman–Crippen LogP) is 2.95. The van der Waals surface area contributed by atoms with E-state index in [1.165, 1.54) is 0 Å². The Bertz CT molecular complexity index is 787. The van der Waals surface area contributed by atoms with Gasteiger partial charge in [-0.3, -0.25) is 9.78 Å². The smallest absolute Gasteiger partial charge is 0.234 e. The Hall–Kier alpha value is -2.72. The Morgan fingerprint density at radius 2 is 1.91 bits per heavy atom. The number of aromatic nitrogens is 1. The first-order chi connectivity index (χ1) is 10.8. The van der Waals surface area contributed by atoms with E-state index in [1.807, 2.05) is 54.6 Å². The van der Waals surface area contributed by atoms with Crippen molar-refractivity contribution in [2.24, 2.45) is 0 Å². The molecule has 3 aromatic rings. The monoisotopic (exact) mass is 292 g/mol. The second kappa shape index (κ2) is 6.37. The largest absolute Gasteiger partial charge is 0.395 e. The lowest BCUT2D eigenvalue weighted by molar-refractivity contribution is -0.118. The van der Waals surface area contributed by atoms with Crippen LogP contribution < -0.4 is 5.32 Å². The van der Waals surface area contributed by atoms with Crippen molar-refractivity contribution >= 4 is 22.4 Å². The van der Waals surface area contributed by atoms with Crippen LogP contribution in [0.3, 0.4) is 0 Å². The number of nitrogens with one attached hydrogen (secondary N) is 1. The molecule has 1 aromatic heterocycles. The molecule has 22 heavy (non-hydrogen) atoms. The highest BCUT2D eigenvalue weighted by Crippen LogP contribution is 2.21. The fraction of sp³-hybridized carbons (Fsp3) is 0.111. The SMILES string of the molecule is O=C(Nc1ccc2cnccc2c1)[C@@H](CO)c1ccccc1. The number of amides is 1. The van der Waals surface area contributed by atoms with Gasteiger partial charge in [0.05, 0.1) is 12.5 Å². The van der Waals surface area contributed by atoms with Crippen LogP contribution in [0.5, 0.6) is 0 Å². The Morgan fingerprint density at radius 1 is 1.09 bits per heavy atom. The number of fused-ring (bicyclic) bond motifs is 1. The number of carbonyl (C=O) groups is 1. The molecule has 1 amide bonds. The Balaban J connectivity index is 1.82. The van der Waals surface area contributed by atoms with Crippen molar-refractivity contribution in [1.29, 1.82) is 0 Å². The van der Waals surface area contributed by atoms with Gasteiger partial charge in [0.25, 0.3) is 0 Å². The van der Waals surface area contributed by atoms with E-state index in [2.05, 4.69) is 10.3 Å². The highest BCUT2D eigenvalue weighted by molar-refractivity contribution is 5.98. The molecule has 2 N–H and O–H groups in total. The molecule has 0 bridgehead atoms. The van der Waals surface area contributed by atoms with E-state index >= 15 is 0 Å². The molecule has 0 aliphatic heterocycles. The lowest BCUT2D eigenvalue weighted by Crippen LogP contribution is -2.23. The Kier molecular flexibility index (Phi) is 4.12. The second-order valence-electron chi connectivity index (χ2n) is 5.07. The van der Waals surface area contributed by atoms with Crippen LogP contribution in [0.15, 0.2) is 67.0 Å². The summed E-state index contributed by atoms with van der Waals surface area (Å²) in [6.45, 7) is -0.229.